The normalized spacial score (nSPS) is 14.1. The number of carbonyl (C=O) groups is 1. The van der Waals surface area contributed by atoms with Gasteiger partial charge in [0.05, 0.1) is 12.0 Å². The fourth-order valence-electron chi connectivity index (χ4n) is 4.98. The molecule has 0 atom stereocenters. The number of benzene rings is 1. The van der Waals surface area contributed by atoms with E-state index in [1.54, 1.807) is 28.6 Å². The number of piperazine rings is 1. The molecule has 14 nitrogen and oxygen atoms in total. The van der Waals surface area contributed by atoms with E-state index in [4.69, 9.17) is 14.9 Å². The summed E-state index contributed by atoms with van der Waals surface area (Å²) in [6, 6.07) is 5.52. The van der Waals surface area contributed by atoms with E-state index in [2.05, 4.69) is 30.6 Å². The van der Waals surface area contributed by atoms with Crippen LogP contribution in [0.15, 0.2) is 39.7 Å². The molecule has 1 saturated heterocycles. The lowest BCUT2D eigenvalue weighted by atomic mass is 10.2. The van der Waals surface area contributed by atoms with Gasteiger partial charge in [0.1, 0.15) is 10.5 Å². The number of hydrogen-bond acceptors (Lipinski definition) is 12. The lowest BCUT2D eigenvalue weighted by molar-refractivity contribution is -0.123. The van der Waals surface area contributed by atoms with Crippen LogP contribution in [0.3, 0.4) is 0 Å². The molecule has 1 aliphatic heterocycles. The Balaban J connectivity index is 1.10. The summed E-state index contributed by atoms with van der Waals surface area (Å²) in [5, 5.41) is 9.91. The molecular formula is C27H30F2N10O4S. The first-order chi connectivity index (χ1) is 21.3. The molecule has 0 saturated carbocycles. The van der Waals surface area contributed by atoms with Crippen LogP contribution in [0.2, 0.25) is 0 Å². The third kappa shape index (κ3) is 5.93. The third-order valence-corrected chi connectivity index (χ3v) is 8.23. The first-order valence-electron chi connectivity index (χ1n) is 13.9. The van der Waals surface area contributed by atoms with E-state index in [9.17, 15) is 18.4 Å². The SMILES string of the molecule is CNCCNC(=O)COc1cc(N2CCN(CCn3c(=O)sc4c3nc(N)n3nc(-c5ccco5)nc43)CC2)c(F)cc1F. The maximum Gasteiger partial charge on any atom is 0.309 e. The lowest BCUT2D eigenvalue weighted by Crippen LogP contribution is -2.47. The summed E-state index contributed by atoms with van der Waals surface area (Å²) in [6.45, 7) is 3.59. The number of aromatic nitrogens is 5. The summed E-state index contributed by atoms with van der Waals surface area (Å²) in [4.78, 5) is 37.7. The number of halogens is 2. The van der Waals surface area contributed by atoms with E-state index < -0.39 is 17.5 Å². The standard InChI is InChI=1S/C27H30F2N10O4S/c1-31-4-5-32-21(40)15-43-20-14-18(16(28)13-17(20)29)37-9-6-36(7-10-37)8-11-38-24-22(44-27(38)41)25-33-23(19-3-2-12-42-19)35-39(25)26(30)34-24/h2-3,12-14,31H,4-11,15H2,1H3,(H2,30,34)(H,32,40). The van der Waals surface area contributed by atoms with E-state index in [1.807, 2.05) is 0 Å². The van der Waals surface area contributed by atoms with Crippen LogP contribution in [0.4, 0.5) is 20.4 Å². The molecule has 0 unspecified atom stereocenters. The van der Waals surface area contributed by atoms with Crippen LogP contribution in [-0.4, -0.2) is 94.4 Å². The minimum Gasteiger partial charge on any atom is -0.481 e. The number of fused-ring (bicyclic) bond motifs is 3. The Kier molecular flexibility index (Phi) is 8.40. The van der Waals surface area contributed by atoms with Crippen LogP contribution in [0.1, 0.15) is 0 Å². The van der Waals surface area contributed by atoms with Gasteiger partial charge in [0.25, 0.3) is 5.91 Å². The Morgan fingerprint density at radius 1 is 1.11 bits per heavy atom. The fourth-order valence-corrected chi connectivity index (χ4v) is 5.92. The monoisotopic (exact) mass is 628 g/mol. The van der Waals surface area contributed by atoms with Gasteiger partial charge in [-0.15, -0.1) is 5.10 Å². The smallest absolute Gasteiger partial charge is 0.309 e. The van der Waals surface area contributed by atoms with Crippen molar-refractivity contribution < 1.29 is 22.7 Å². The van der Waals surface area contributed by atoms with E-state index in [-0.39, 0.29) is 28.9 Å². The number of amides is 1. The third-order valence-electron chi connectivity index (χ3n) is 7.27. The average molecular weight is 629 g/mol. The number of ether oxygens (including phenoxy) is 1. The maximum absolute atomic E-state index is 14.8. The van der Waals surface area contributed by atoms with Gasteiger partial charge in [0, 0.05) is 64.5 Å². The zero-order valence-corrected chi connectivity index (χ0v) is 24.6. The van der Waals surface area contributed by atoms with Crippen molar-refractivity contribution in [2.45, 2.75) is 6.54 Å². The molecule has 0 bridgehead atoms. The van der Waals surface area contributed by atoms with E-state index >= 15 is 0 Å². The van der Waals surface area contributed by atoms with Crippen molar-refractivity contribution >= 4 is 44.9 Å². The number of likely N-dealkylation sites (N-methyl/N-ethyl adjacent to an activating group) is 1. The highest BCUT2D eigenvalue weighted by Crippen LogP contribution is 2.29. The van der Waals surface area contributed by atoms with Crippen LogP contribution in [0.25, 0.3) is 27.6 Å². The van der Waals surface area contributed by atoms with Crippen molar-refractivity contribution in [3.05, 3.63) is 51.8 Å². The molecule has 0 aliphatic carbocycles. The topological polar surface area (TPSA) is 161 Å². The largest absolute Gasteiger partial charge is 0.481 e. The summed E-state index contributed by atoms with van der Waals surface area (Å²) in [5.74, 6) is -1.28. The van der Waals surface area contributed by atoms with Crippen LogP contribution >= 0.6 is 11.3 Å². The Morgan fingerprint density at radius 3 is 2.68 bits per heavy atom. The summed E-state index contributed by atoms with van der Waals surface area (Å²) >= 11 is 1.02. The molecule has 1 aliphatic rings. The number of rotatable bonds is 11. The van der Waals surface area contributed by atoms with E-state index in [0.717, 1.165) is 17.4 Å². The van der Waals surface area contributed by atoms with Crippen molar-refractivity contribution in [1.29, 1.82) is 0 Å². The summed E-state index contributed by atoms with van der Waals surface area (Å²) < 4.78 is 43.4. The number of furan rings is 1. The second kappa shape index (κ2) is 12.6. The molecule has 232 valence electrons. The average Bonchev–Trinajstić information content (AvgIpc) is 3.76. The molecule has 4 N–H and O–H groups in total. The number of anilines is 2. The molecule has 17 heteroatoms. The molecule has 5 heterocycles. The molecule has 44 heavy (non-hydrogen) atoms. The number of hydrogen-bond donors (Lipinski definition) is 3. The molecule has 4 aromatic heterocycles. The van der Waals surface area contributed by atoms with Crippen LogP contribution in [-0.2, 0) is 11.3 Å². The Bertz CT molecular complexity index is 1850. The van der Waals surface area contributed by atoms with Crippen molar-refractivity contribution in [2.75, 3.05) is 70.1 Å². The molecule has 6 rings (SSSR count). The van der Waals surface area contributed by atoms with Gasteiger partial charge in [0.15, 0.2) is 35.2 Å². The number of thiazole rings is 1. The lowest BCUT2D eigenvalue weighted by Gasteiger charge is -2.36. The quantitative estimate of drug-likeness (QED) is 0.180. The highest BCUT2D eigenvalue weighted by atomic mass is 32.1. The molecule has 0 radical (unpaired) electrons. The zero-order valence-electron chi connectivity index (χ0n) is 23.8. The predicted molar refractivity (Wildman–Crippen MR) is 160 cm³/mol. The van der Waals surface area contributed by atoms with Crippen molar-refractivity contribution in [3.8, 4) is 17.3 Å². The van der Waals surface area contributed by atoms with Gasteiger partial charge < -0.3 is 30.4 Å². The Hall–Kier alpha value is -4.61. The van der Waals surface area contributed by atoms with Crippen LogP contribution < -0.4 is 30.9 Å². The second-order valence-corrected chi connectivity index (χ2v) is 11.1. The van der Waals surface area contributed by atoms with Gasteiger partial charge in [-0.1, -0.05) is 11.3 Å². The molecule has 1 amide bonds. The fraction of sp³-hybridized carbons (Fsp3) is 0.370. The minimum atomic E-state index is -0.879. The molecule has 1 fully saturated rings. The Labute approximate surface area is 253 Å². The number of carbonyl (C=O) groups excluding carboxylic acids is 1. The van der Waals surface area contributed by atoms with Gasteiger partial charge >= 0.3 is 4.87 Å². The summed E-state index contributed by atoms with van der Waals surface area (Å²) in [6.07, 6.45) is 1.52. The number of nitrogens with one attached hydrogen (secondary N) is 2. The van der Waals surface area contributed by atoms with Gasteiger partial charge in [-0.05, 0) is 19.2 Å². The predicted octanol–water partition coefficient (Wildman–Crippen LogP) is 1.16. The van der Waals surface area contributed by atoms with Crippen molar-refractivity contribution in [2.24, 2.45) is 0 Å². The molecule has 1 aromatic carbocycles. The van der Waals surface area contributed by atoms with Gasteiger partial charge in [-0.25, -0.2) is 13.8 Å². The van der Waals surface area contributed by atoms with Crippen LogP contribution in [0.5, 0.6) is 5.75 Å². The maximum atomic E-state index is 14.8. The molecule has 5 aromatic rings. The van der Waals surface area contributed by atoms with E-state index in [1.165, 1.54) is 16.8 Å². The summed E-state index contributed by atoms with van der Waals surface area (Å²) in [5.41, 5.74) is 7.22. The van der Waals surface area contributed by atoms with Crippen LogP contribution in [0, 0.1) is 11.6 Å². The number of nitrogens with zero attached hydrogens (tertiary/aromatic N) is 7. The highest BCUT2D eigenvalue weighted by Gasteiger charge is 2.24. The summed E-state index contributed by atoms with van der Waals surface area (Å²) in [7, 11) is 1.76. The van der Waals surface area contributed by atoms with Gasteiger partial charge in [0.2, 0.25) is 11.8 Å². The zero-order chi connectivity index (χ0) is 30.8. The number of nitrogens with two attached hydrogens (primary N) is 1. The van der Waals surface area contributed by atoms with Gasteiger partial charge in [-0.2, -0.15) is 9.50 Å². The first-order valence-corrected chi connectivity index (χ1v) is 14.7. The highest BCUT2D eigenvalue weighted by molar-refractivity contribution is 7.17. The first kappa shape index (κ1) is 29.5. The minimum absolute atomic E-state index is 0.0945. The van der Waals surface area contributed by atoms with Crippen molar-refractivity contribution in [3.63, 3.8) is 0 Å². The van der Waals surface area contributed by atoms with Gasteiger partial charge in [-0.3, -0.25) is 19.1 Å². The van der Waals surface area contributed by atoms with Crippen molar-refractivity contribution in [1.82, 2.24) is 39.7 Å². The number of nitrogen functional groups attached to an aromatic ring is 1. The second-order valence-electron chi connectivity index (χ2n) is 10.1. The molecular weight excluding hydrogens is 598 g/mol. The van der Waals surface area contributed by atoms with E-state index in [0.29, 0.717) is 79.9 Å². The molecule has 0 spiro atoms. The Morgan fingerprint density at radius 2 is 1.93 bits per heavy atom.